The van der Waals surface area contributed by atoms with Gasteiger partial charge in [-0.3, -0.25) is 14.9 Å². The predicted molar refractivity (Wildman–Crippen MR) is 93.3 cm³/mol. The minimum Gasteiger partial charge on any atom is -0.497 e. The number of benzene rings is 1. The Labute approximate surface area is 148 Å². The molecule has 1 atom stereocenters. The third-order valence-electron chi connectivity index (χ3n) is 3.18. The van der Waals surface area contributed by atoms with Gasteiger partial charge >= 0.3 is 12.0 Å². The van der Waals surface area contributed by atoms with Crippen LogP contribution in [0.15, 0.2) is 24.3 Å². The lowest BCUT2D eigenvalue weighted by Gasteiger charge is -2.21. The molecule has 0 radical (unpaired) electrons. The summed E-state index contributed by atoms with van der Waals surface area (Å²) in [5, 5.41) is 4.74. The number of nitrogens with one attached hydrogen (secondary N) is 2. The monoisotopic (exact) mass is 350 g/mol. The van der Waals surface area contributed by atoms with Gasteiger partial charge in [0, 0.05) is 12.0 Å². The first-order valence-corrected chi connectivity index (χ1v) is 8.06. The summed E-state index contributed by atoms with van der Waals surface area (Å²) in [7, 11) is 1.58. The number of aryl methyl sites for hydroxylation is 1. The average molecular weight is 350 g/mol. The topological polar surface area (TPSA) is 93.7 Å². The number of esters is 1. The molecule has 0 saturated heterocycles. The van der Waals surface area contributed by atoms with E-state index in [1.807, 2.05) is 24.3 Å². The molecule has 0 aliphatic rings. The second kappa shape index (κ2) is 9.05. The van der Waals surface area contributed by atoms with Crippen molar-refractivity contribution in [2.45, 2.75) is 52.2 Å². The van der Waals surface area contributed by atoms with Crippen LogP contribution in [0.1, 0.15) is 39.7 Å². The lowest BCUT2D eigenvalue weighted by atomic mass is 10.1. The molecule has 0 spiro atoms. The molecule has 3 amide bonds. The second-order valence-corrected chi connectivity index (χ2v) is 6.67. The van der Waals surface area contributed by atoms with E-state index in [4.69, 9.17) is 9.47 Å². The van der Waals surface area contributed by atoms with Crippen molar-refractivity contribution in [3.8, 4) is 5.75 Å². The van der Waals surface area contributed by atoms with Crippen molar-refractivity contribution in [2.75, 3.05) is 7.11 Å². The summed E-state index contributed by atoms with van der Waals surface area (Å²) in [6, 6.07) is 6.71. The van der Waals surface area contributed by atoms with Crippen LogP contribution >= 0.6 is 0 Å². The summed E-state index contributed by atoms with van der Waals surface area (Å²) in [4.78, 5) is 35.3. The van der Waals surface area contributed by atoms with E-state index in [1.165, 1.54) is 6.92 Å². The summed E-state index contributed by atoms with van der Waals surface area (Å²) in [5.41, 5.74) is 0.488. The molecule has 0 aliphatic carbocycles. The fourth-order valence-electron chi connectivity index (χ4n) is 1.93. The van der Waals surface area contributed by atoms with E-state index in [-0.39, 0.29) is 6.42 Å². The van der Waals surface area contributed by atoms with E-state index in [1.54, 1.807) is 27.9 Å². The first kappa shape index (κ1) is 20.5. The van der Waals surface area contributed by atoms with Crippen LogP contribution < -0.4 is 15.4 Å². The van der Waals surface area contributed by atoms with Gasteiger partial charge in [0.1, 0.15) is 5.75 Å². The van der Waals surface area contributed by atoms with Gasteiger partial charge in [-0.05, 0) is 51.8 Å². The number of imide groups is 1. The smallest absolute Gasteiger partial charge is 0.321 e. The summed E-state index contributed by atoms with van der Waals surface area (Å²) in [5.74, 6) is -0.431. The molecule has 7 nitrogen and oxygen atoms in total. The maximum atomic E-state index is 11.9. The van der Waals surface area contributed by atoms with Crippen molar-refractivity contribution in [1.82, 2.24) is 10.6 Å². The molecule has 138 valence electrons. The van der Waals surface area contributed by atoms with Crippen LogP contribution in [0.25, 0.3) is 0 Å². The molecule has 0 saturated carbocycles. The van der Waals surface area contributed by atoms with Crippen molar-refractivity contribution in [1.29, 1.82) is 0 Å². The van der Waals surface area contributed by atoms with Crippen LogP contribution in [0, 0.1) is 0 Å². The summed E-state index contributed by atoms with van der Waals surface area (Å²) in [6.45, 7) is 6.80. The second-order valence-electron chi connectivity index (χ2n) is 6.67. The van der Waals surface area contributed by atoms with Gasteiger partial charge < -0.3 is 14.8 Å². The van der Waals surface area contributed by atoms with Crippen molar-refractivity contribution in [3.63, 3.8) is 0 Å². The number of rotatable bonds is 6. The minimum absolute atomic E-state index is 0.137. The molecule has 2 N–H and O–H groups in total. The highest BCUT2D eigenvalue weighted by Gasteiger charge is 2.21. The zero-order chi connectivity index (χ0) is 19.0. The number of hydrogen-bond acceptors (Lipinski definition) is 5. The molecule has 25 heavy (non-hydrogen) atoms. The number of urea groups is 1. The van der Waals surface area contributed by atoms with Crippen LogP contribution in [0.3, 0.4) is 0 Å². The number of amides is 3. The molecule has 0 heterocycles. The highest BCUT2D eigenvalue weighted by molar-refractivity contribution is 5.97. The Morgan fingerprint density at radius 2 is 1.72 bits per heavy atom. The van der Waals surface area contributed by atoms with Crippen LogP contribution in [0.4, 0.5) is 4.79 Å². The van der Waals surface area contributed by atoms with E-state index in [2.05, 4.69) is 10.6 Å². The molecule has 1 aromatic carbocycles. The molecule has 1 rings (SSSR count). The van der Waals surface area contributed by atoms with Gasteiger partial charge in [-0.2, -0.15) is 0 Å². The van der Waals surface area contributed by atoms with Crippen molar-refractivity contribution >= 4 is 17.9 Å². The minimum atomic E-state index is -1.05. The number of carbonyl (C=O) groups is 3. The Balaban J connectivity index is 2.39. The van der Waals surface area contributed by atoms with E-state index in [9.17, 15) is 14.4 Å². The largest absolute Gasteiger partial charge is 0.497 e. The van der Waals surface area contributed by atoms with E-state index in [0.29, 0.717) is 6.42 Å². The van der Waals surface area contributed by atoms with Crippen LogP contribution in [0.2, 0.25) is 0 Å². The molecular formula is C18H26N2O5. The average Bonchev–Trinajstić information content (AvgIpc) is 2.51. The Bertz CT molecular complexity index is 605. The van der Waals surface area contributed by atoms with E-state index >= 15 is 0 Å². The maximum Gasteiger partial charge on any atom is 0.321 e. The van der Waals surface area contributed by atoms with Gasteiger partial charge in [0.2, 0.25) is 0 Å². The van der Waals surface area contributed by atoms with Gasteiger partial charge in [0.05, 0.1) is 7.11 Å². The number of hydrogen-bond donors (Lipinski definition) is 2. The van der Waals surface area contributed by atoms with Gasteiger partial charge in [0.15, 0.2) is 6.10 Å². The predicted octanol–water partition coefficient (Wildman–Crippen LogP) is 2.18. The van der Waals surface area contributed by atoms with E-state index < -0.39 is 29.6 Å². The first-order chi connectivity index (χ1) is 11.6. The lowest BCUT2D eigenvalue weighted by molar-refractivity contribution is -0.154. The molecule has 0 unspecified atom stereocenters. The van der Waals surface area contributed by atoms with Crippen LogP contribution in [-0.4, -0.2) is 36.7 Å². The quantitative estimate of drug-likeness (QED) is 0.767. The molecule has 0 aromatic heterocycles. The van der Waals surface area contributed by atoms with Crippen molar-refractivity contribution in [3.05, 3.63) is 29.8 Å². The normalized spacial score (nSPS) is 12.0. The fourth-order valence-corrected chi connectivity index (χ4v) is 1.93. The molecule has 0 aliphatic heterocycles. The van der Waals surface area contributed by atoms with Crippen molar-refractivity contribution in [2.24, 2.45) is 0 Å². The van der Waals surface area contributed by atoms with Gasteiger partial charge in [-0.1, -0.05) is 12.1 Å². The summed E-state index contributed by atoms with van der Waals surface area (Å²) < 4.78 is 10.1. The van der Waals surface area contributed by atoms with Gasteiger partial charge in [0.25, 0.3) is 5.91 Å². The Hall–Kier alpha value is -2.57. The molecule has 0 bridgehead atoms. The van der Waals surface area contributed by atoms with Crippen molar-refractivity contribution < 1.29 is 23.9 Å². The maximum absolute atomic E-state index is 11.9. The summed E-state index contributed by atoms with van der Waals surface area (Å²) >= 11 is 0. The van der Waals surface area contributed by atoms with Crippen LogP contribution in [0.5, 0.6) is 5.75 Å². The Morgan fingerprint density at radius 3 is 2.24 bits per heavy atom. The SMILES string of the molecule is COc1ccc(CCC(=O)O[C@@H](C)C(=O)NC(=O)NC(C)(C)C)cc1. The summed E-state index contributed by atoms with van der Waals surface area (Å²) in [6.07, 6.45) is -0.422. The number of carbonyl (C=O) groups excluding carboxylic acids is 3. The third-order valence-corrected chi connectivity index (χ3v) is 3.18. The van der Waals surface area contributed by atoms with Gasteiger partial charge in [-0.25, -0.2) is 4.79 Å². The third kappa shape index (κ3) is 8.19. The molecule has 7 heteroatoms. The fraction of sp³-hybridized carbons (Fsp3) is 0.500. The zero-order valence-corrected chi connectivity index (χ0v) is 15.3. The zero-order valence-electron chi connectivity index (χ0n) is 15.3. The molecule has 1 aromatic rings. The van der Waals surface area contributed by atoms with Crippen LogP contribution in [-0.2, 0) is 20.7 Å². The molecule has 0 fully saturated rings. The first-order valence-electron chi connectivity index (χ1n) is 8.06. The number of ether oxygens (including phenoxy) is 2. The molecular weight excluding hydrogens is 324 g/mol. The highest BCUT2D eigenvalue weighted by atomic mass is 16.5. The standard InChI is InChI=1S/C18H26N2O5/c1-12(16(22)19-17(23)20-18(2,3)4)25-15(21)11-8-13-6-9-14(24-5)10-7-13/h6-7,9-10,12H,8,11H2,1-5H3,(H2,19,20,22,23)/t12-/m0/s1. The Kier molecular flexibility index (Phi) is 7.42. The van der Waals surface area contributed by atoms with E-state index in [0.717, 1.165) is 11.3 Å². The Morgan fingerprint density at radius 1 is 1.12 bits per heavy atom. The van der Waals surface area contributed by atoms with Gasteiger partial charge in [-0.15, -0.1) is 0 Å². The number of methoxy groups -OCH3 is 1. The lowest BCUT2D eigenvalue weighted by Crippen LogP contribution is -2.50. The highest BCUT2D eigenvalue weighted by Crippen LogP contribution is 2.13.